The summed E-state index contributed by atoms with van der Waals surface area (Å²) in [5.41, 5.74) is 4.36. The van der Waals surface area contributed by atoms with Crippen LogP contribution in [-0.2, 0) is 0 Å². The molecule has 21 heavy (non-hydrogen) atoms. The first kappa shape index (κ1) is 13.7. The molecule has 0 aliphatic heterocycles. The van der Waals surface area contributed by atoms with Gasteiger partial charge in [0, 0.05) is 17.4 Å². The molecule has 0 bridgehead atoms. The number of rotatable bonds is 4. The van der Waals surface area contributed by atoms with Crippen LogP contribution in [0.25, 0.3) is 5.65 Å². The molecule has 3 aromatic rings. The molecule has 0 radical (unpaired) electrons. The Hall–Kier alpha value is -2.31. The molecule has 6 nitrogen and oxygen atoms in total. The minimum absolute atomic E-state index is 0.0322. The molecule has 0 aliphatic rings. The molecular weight excluding hydrogens is 288 g/mol. The third kappa shape index (κ3) is 2.76. The normalized spacial score (nSPS) is 12.3. The van der Waals surface area contributed by atoms with Gasteiger partial charge in [-0.2, -0.15) is 0 Å². The number of benzene rings is 1. The zero-order chi connectivity index (χ0) is 14.8. The van der Waals surface area contributed by atoms with E-state index in [0.717, 1.165) is 11.2 Å². The zero-order valence-electron chi connectivity index (χ0n) is 11.4. The van der Waals surface area contributed by atoms with E-state index in [9.17, 15) is 0 Å². The van der Waals surface area contributed by atoms with E-state index in [-0.39, 0.29) is 6.04 Å². The number of aromatic nitrogens is 3. The molecule has 1 unspecified atom stereocenters. The zero-order valence-corrected chi connectivity index (χ0v) is 12.2. The summed E-state index contributed by atoms with van der Waals surface area (Å²) in [4.78, 5) is 8.72. The van der Waals surface area contributed by atoms with Crippen LogP contribution in [0.2, 0.25) is 5.02 Å². The number of hydrogen-bond donors (Lipinski definition) is 3. The highest BCUT2D eigenvalue weighted by atomic mass is 35.5. The molecule has 1 aromatic carbocycles. The number of nitrogens with two attached hydrogens (primary N) is 1. The standard InChI is InChI=1S/C14H15ClN6/c1-9(10-3-2-4-11(15)7-10)18-13-14-17-5-6-21(14)8-12(19-13)20-16/h2-9,20H,16H2,1H3,(H,18,19). The summed E-state index contributed by atoms with van der Waals surface area (Å²) in [6.45, 7) is 2.04. The van der Waals surface area contributed by atoms with Crippen molar-refractivity contribution in [3.63, 3.8) is 0 Å². The van der Waals surface area contributed by atoms with Crippen molar-refractivity contribution in [2.24, 2.45) is 5.84 Å². The number of nitrogens with zero attached hydrogens (tertiary/aromatic N) is 3. The van der Waals surface area contributed by atoms with Gasteiger partial charge in [0.15, 0.2) is 17.3 Å². The smallest absolute Gasteiger partial charge is 0.180 e. The Labute approximate surface area is 126 Å². The molecule has 0 amide bonds. The molecule has 0 saturated heterocycles. The van der Waals surface area contributed by atoms with Crippen LogP contribution in [-0.4, -0.2) is 14.4 Å². The predicted molar refractivity (Wildman–Crippen MR) is 84.3 cm³/mol. The van der Waals surface area contributed by atoms with Crippen LogP contribution in [0.15, 0.2) is 42.9 Å². The lowest BCUT2D eigenvalue weighted by Crippen LogP contribution is -2.13. The maximum atomic E-state index is 6.03. The first-order valence-corrected chi connectivity index (χ1v) is 6.87. The number of nitrogen functional groups attached to an aromatic ring is 1. The lowest BCUT2D eigenvalue weighted by atomic mass is 10.1. The summed E-state index contributed by atoms with van der Waals surface area (Å²) < 4.78 is 1.86. The van der Waals surface area contributed by atoms with Crippen molar-refractivity contribution in [2.75, 3.05) is 10.7 Å². The Morgan fingerprint density at radius 3 is 3.00 bits per heavy atom. The maximum absolute atomic E-state index is 6.03. The molecule has 0 fully saturated rings. The fourth-order valence-electron chi connectivity index (χ4n) is 2.16. The average Bonchev–Trinajstić information content (AvgIpc) is 2.95. The van der Waals surface area contributed by atoms with Crippen LogP contribution in [0.3, 0.4) is 0 Å². The highest BCUT2D eigenvalue weighted by Gasteiger charge is 2.11. The van der Waals surface area contributed by atoms with Crippen molar-refractivity contribution in [3.05, 3.63) is 53.4 Å². The third-order valence-corrected chi connectivity index (χ3v) is 3.46. The van der Waals surface area contributed by atoms with Gasteiger partial charge in [0.1, 0.15) is 0 Å². The minimum atomic E-state index is 0.0322. The number of hydrogen-bond acceptors (Lipinski definition) is 5. The number of fused-ring (bicyclic) bond motifs is 1. The summed E-state index contributed by atoms with van der Waals surface area (Å²) in [5, 5.41) is 4.05. The van der Waals surface area contributed by atoms with Gasteiger partial charge < -0.3 is 15.1 Å². The lowest BCUT2D eigenvalue weighted by Gasteiger charge is -2.16. The lowest BCUT2D eigenvalue weighted by molar-refractivity contribution is 0.872. The van der Waals surface area contributed by atoms with Gasteiger partial charge in [0.2, 0.25) is 0 Å². The van der Waals surface area contributed by atoms with Gasteiger partial charge in [0.25, 0.3) is 0 Å². The molecule has 0 spiro atoms. The van der Waals surface area contributed by atoms with Crippen LogP contribution in [0.4, 0.5) is 11.6 Å². The van der Waals surface area contributed by atoms with E-state index >= 15 is 0 Å². The second kappa shape index (κ2) is 5.59. The van der Waals surface area contributed by atoms with E-state index in [1.54, 1.807) is 12.4 Å². The summed E-state index contributed by atoms with van der Waals surface area (Å²) in [7, 11) is 0. The molecule has 4 N–H and O–H groups in total. The second-order valence-electron chi connectivity index (χ2n) is 4.70. The monoisotopic (exact) mass is 302 g/mol. The maximum Gasteiger partial charge on any atom is 0.180 e. The quantitative estimate of drug-likeness (QED) is 0.510. The molecule has 0 saturated carbocycles. The van der Waals surface area contributed by atoms with E-state index in [4.69, 9.17) is 17.4 Å². The topological polar surface area (TPSA) is 80.3 Å². The molecular formula is C14H15ClN6. The predicted octanol–water partition coefficient (Wildman–Crippen LogP) is 2.84. The number of nitrogens with one attached hydrogen (secondary N) is 2. The summed E-state index contributed by atoms with van der Waals surface area (Å²) in [5.74, 6) is 6.66. The van der Waals surface area contributed by atoms with Gasteiger partial charge in [-0.25, -0.2) is 15.8 Å². The molecule has 3 rings (SSSR count). The number of anilines is 2. The van der Waals surface area contributed by atoms with Crippen LogP contribution in [0.5, 0.6) is 0 Å². The van der Waals surface area contributed by atoms with Crippen molar-refractivity contribution < 1.29 is 0 Å². The van der Waals surface area contributed by atoms with E-state index in [0.29, 0.717) is 16.7 Å². The van der Waals surface area contributed by atoms with Crippen molar-refractivity contribution in [1.29, 1.82) is 0 Å². The fourth-order valence-corrected chi connectivity index (χ4v) is 2.36. The Kier molecular flexibility index (Phi) is 3.64. The van der Waals surface area contributed by atoms with Gasteiger partial charge in [0.05, 0.1) is 12.2 Å². The molecule has 0 aliphatic carbocycles. The van der Waals surface area contributed by atoms with Gasteiger partial charge >= 0.3 is 0 Å². The van der Waals surface area contributed by atoms with E-state index in [2.05, 4.69) is 20.7 Å². The Balaban J connectivity index is 1.95. The third-order valence-electron chi connectivity index (χ3n) is 3.22. The summed E-state index contributed by atoms with van der Waals surface area (Å²) >= 11 is 6.03. The molecule has 108 valence electrons. The van der Waals surface area contributed by atoms with Crippen LogP contribution in [0, 0.1) is 0 Å². The van der Waals surface area contributed by atoms with Crippen molar-refractivity contribution >= 4 is 28.9 Å². The first-order chi connectivity index (χ1) is 10.2. The molecule has 7 heteroatoms. The first-order valence-electron chi connectivity index (χ1n) is 6.49. The Bertz CT molecular complexity index is 769. The molecule has 2 aromatic heterocycles. The van der Waals surface area contributed by atoms with Gasteiger partial charge in [-0.15, -0.1) is 0 Å². The van der Waals surface area contributed by atoms with Crippen LogP contribution < -0.4 is 16.6 Å². The van der Waals surface area contributed by atoms with Crippen LogP contribution in [0.1, 0.15) is 18.5 Å². The highest BCUT2D eigenvalue weighted by molar-refractivity contribution is 6.30. The largest absolute Gasteiger partial charge is 0.360 e. The van der Waals surface area contributed by atoms with Gasteiger partial charge in [-0.1, -0.05) is 23.7 Å². The number of hydrazine groups is 1. The molecule has 2 heterocycles. The van der Waals surface area contributed by atoms with Crippen molar-refractivity contribution in [1.82, 2.24) is 14.4 Å². The molecule has 1 atom stereocenters. The Morgan fingerprint density at radius 2 is 2.24 bits per heavy atom. The summed E-state index contributed by atoms with van der Waals surface area (Å²) in [6, 6.07) is 7.74. The second-order valence-corrected chi connectivity index (χ2v) is 5.13. The van der Waals surface area contributed by atoms with Crippen molar-refractivity contribution in [3.8, 4) is 0 Å². The van der Waals surface area contributed by atoms with E-state index in [1.165, 1.54) is 0 Å². The average molecular weight is 303 g/mol. The van der Waals surface area contributed by atoms with Crippen LogP contribution >= 0.6 is 11.6 Å². The van der Waals surface area contributed by atoms with Gasteiger partial charge in [-0.3, -0.25) is 0 Å². The Morgan fingerprint density at radius 1 is 1.38 bits per heavy atom. The van der Waals surface area contributed by atoms with Crippen molar-refractivity contribution in [2.45, 2.75) is 13.0 Å². The number of imidazole rings is 1. The fraction of sp³-hybridized carbons (Fsp3) is 0.143. The minimum Gasteiger partial charge on any atom is -0.360 e. The summed E-state index contributed by atoms with van der Waals surface area (Å²) in [6.07, 6.45) is 5.33. The highest BCUT2D eigenvalue weighted by Crippen LogP contribution is 2.23. The van der Waals surface area contributed by atoms with E-state index < -0.39 is 0 Å². The van der Waals surface area contributed by atoms with E-state index in [1.807, 2.05) is 41.8 Å². The number of halogens is 1. The van der Waals surface area contributed by atoms with Gasteiger partial charge in [-0.05, 0) is 24.6 Å². The SMILES string of the molecule is CC(Nc1nc(NN)cn2ccnc12)c1cccc(Cl)c1.